The monoisotopic (exact) mass is 314 g/mol. The Balaban J connectivity index is 2.07. The van der Waals surface area contributed by atoms with E-state index >= 15 is 0 Å². The minimum Gasteiger partial charge on any atom is -0.326 e. The van der Waals surface area contributed by atoms with Crippen LogP contribution in [0.3, 0.4) is 0 Å². The zero-order valence-corrected chi connectivity index (χ0v) is 12.6. The van der Waals surface area contributed by atoms with Gasteiger partial charge >= 0.3 is 0 Å². The van der Waals surface area contributed by atoms with Crippen molar-refractivity contribution < 1.29 is 17.6 Å². The van der Waals surface area contributed by atoms with E-state index < -0.39 is 20.7 Å². The van der Waals surface area contributed by atoms with Gasteiger partial charge in [-0.3, -0.25) is 4.79 Å². The first-order chi connectivity index (χ1) is 9.77. The molecule has 0 saturated heterocycles. The summed E-state index contributed by atoms with van der Waals surface area (Å²) in [6, 6.07) is 3.37. The summed E-state index contributed by atoms with van der Waals surface area (Å²) in [4.78, 5) is 11.5. The van der Waals surface area contributed by atoms with Gasteiger partial charge in [0.25, 0.3) is 0 Å². The number of rotatable bonds is 3. The lowest BCUT2D eigenvalue weighted by Crippen LogP contribution is -2.26. The number of amides is 1. The molecule has 0 aromatic heterocycles. The van der Waals surface area contributed by atoms with Crippen molar-refractivity contribution in [3.05, 3.63) is 24.0 Å². The van der Waals surface area contributed by atoms with E-state index in [1.165, 1.54) is 6.07 Å². The highest BCUT2D eigenvalue weighted by atomic mass is 32.2. The molecule has 0 aliphatic heterocycles. The Kier molecular flexibility index (Phi) is 4.63. The Morgan fingerprint density at radius 3 is 2.43 bits per heavy atom. The predicted molar refractivity (Wildman–Crippen MR) is 77.5 cm³/mol. The van der Waals surface area contributed by atoms with Crippen LogP contribution in [-0.4, -0.2) is 14.3 Å². The number of hydrogen-bond donors (Lipinski definition) is 2. The lowest BCUT2D eigenvalue weighted by Gasteiger charge is -2.25. The molecule has 1 aromatic carbocycles. The molecule has 1 fully saturated rings. The van der Waals surface area contributed by atoms with Gasteiger partial charge in [0.15, 0.2) is 0 Å². The van der Waals surface area contributed by atoms with Gasteiger partial charge < -0.3 is 5.32 Å². The van der Waals surface area contributed by atoms with Crippen molar-refractivity contribution in [2.75, 3.05) is 5.32 Å². The van der Waals surface area contributed by atoms with Crippen molar-refractivity contribution in [2.24, 2.45) is 17.0 Å². The van der Waals surface area contributed by atoms with Crippen molar-refractivity contribution in [1.82, 2.24) is 0 Å². The fourth-order valence-electron chi connectivity index (χ4n) is 2.58. The normalized spacial score (nSPS) is 22.8. The van der Waals surface area contributed by atoms with Crippen LogP contribution in [0.4, 0.5) is 10.1 Å². The quantitative estimate of drug-likeness (QED) is 0.896. The number of nitrogens with one attached hydrogen (secondary N) is 1. The molecule has 3 N–H and O–H groups in total. The Hall–Kier alpha value is -1.47. The van der Waals surface area contributed by atoms with Gasteiger partial charge in [-0.15, -0.1) is 0 Å². The third-order valence-corrected chi connectivity index (χ3v) is 4.84. The highest BCUT2D eigenvalue weighted by Gasteiger charge is 2.24. The molecule has 21 heavy (non-hydrogen) atoms. The third kappa shape index (κ3) is 4.01. The third-order valence-electron chi connectivity index (χ3n) is 3.89. The second-order valence-electron chi connectivity index (χ2n) is 5.64. The second kappa shape index (κ2) is 6.11. The van der Waals surface area contributed by atoms with E-state index in [0.29, 0.717) is 5.92 Å². The lowest BCUT2D eigenvalue weighted by atomic mass is 9.82. The van der Waals surface area contributed by atoms with Crippen LogP contribution < -0.4 is 10.5 Å². The van der Waals surface area contributed by atoms with E-state index in [0.717, 1.165) is 37.8 Å². The summed E-state index contributed by atoms with van der Waals surface area (Å²) < 4.78 is 35.9. The summed E-state index contributed by atoms with van der Waals surface area (Å²) >= 11 is 0. The predicted octanol–water partition coefficient (Wildman–Crippen LogP) is 2.24. The fourth-order valence-corrected chi connectivity index (χ4v) is 3.16. The summed E-state index contributed by atoms with van der Waals surface area (Å²) in [5.41, 5.74) is 0.239. The lowest BCUT2D eigenvalue weighted by molar-refractivity contribution is -0.121. The highest BCUT2D eigenvalue weighted by molar-refractivity contribution is 7.89. The van der Waals surface area contributed by atoms with Crippen LogP contribution in [0.25, 0.3) is 0 Å². The van der Waals surface area contributed by atoms with Gasteiger partial charge in [-0.25, -0.2) is 17.9 Å². The van der Waals surface area contributed by atoms with Gasteiger partial charge in [-0.2, -0.15) is 0 Å². The van der Waals surface area contributed by atoms with Crippen molar-refractivity contribution >= 4 is 21.6 Å². The SMILES string of the molecule is CC1CCC(C(=O)Nc2ccc(S(N)(=O)=O)c(F)c2)CC1. The van der Waals surface area contributed by atoms with E-state index in [9.17, 15) is 17.6 Å². The van der Waals surface area contributed by atoms with Crippen molar-refractivity contribution in [2.45, 2.75) is 37.5 Å². The maximum absolute atomic E-state index is 13.7. The topological polar surface area (TPSA) is 89.3 Å². The Morgan fingerprint density at radius 1 is 1.29 bits per heavy atom. The summed E-state index contributed by atoms with van der Waals surface area (Å²) in [5, 5.41) is 7.52. The minimum atomic E-state index is -4.09. The number of halogens is 1. The number of carbonyl (C=O) groups excluding carboxylic acids is 1. The average Bonchev–Trinajstić information content (AvgIpc) is 2.37. The first kappa shape index (κ1) is 15.9. The Morgan fingerprint density at radius 2 is 1.90 bits per heavy atom. The molecule has 5 nitrogen and oxygen atoms in total. The zero-order chi connectivity index (χ0) is 15.6. The largest absolute Gasteiger partial charge is 0.326 e. The van der Waals surface area contributed by atoms with Gasteiger partial charge in [0.1, 0.15) is 10.7 Å². The first-order valence-corrected chi connectivity index (χ1v) is 8.45. The first-order valence-electron chi connectivity index (χ1n) is 6.90. The Bertz CT molecular complexity index is 638. The summed E-state index contributed by atoms with van der Waals surface area (Å²) in [6.07, 6.45) is 3.67. The van der Waals surface area contributed by atoms with Crippen LogP contribution in [0.15, 0.2) is 23.1 Å². The van der Waals surface area contributed by atoms with Gasteiger partial charge in [0.05, 0.1) is 0 Å². The number of nitrogens with two attached hydrogens (primary N) is 1. The molecular weight excluding hydrogens is 295 g/mol. The maximum atomic E-state index is 13.7. The zero-order valence-electron chi connectivity index (χ0n) is 11.8. The van der Waals surface area contributed by atoms with Crippen LogP contribution in [0.1, 0.15) is 32.6 Å². The van der Waals surface area contributed by atoms with Gasteiger partial charge in [-0.05, 0) is 49.8 Å². The average molecular weight is 314 g/mol. The number of hydrogen-bond acceptors (Lipinski definition) is 3. The molecule has 0 heterocycles. The van der Waals surface area contributed by atoms with Crippen LogP contribution in [0.2, 0.25) is 0 Å². The Labute approximate surface area is 123 Å². The van der Waals surface area contributed by atoms with Gasteiger partial charge in [0, 0.05) is 11.6 Å². The van der Waals surface area contributed by atoms with Gasteiger partial charge in [0.2, 0.25) is 15.9 Å². The van der Waals surface area contributed by atoms with Crippen LogP contribution in [0, 0.1) is 17.7 Å². The molecule has 0 radical (unpaired) electrons. The standard InChI is InChI=1S/C14H19FN2O3S/c1-9-2-4-10(5-3-9)14(18)17-11-6-7-13(12(15)8-11)21(16,19)20/h6-10H,2-5H2,1H3,(H,17,18)(H2,16,19,20). The second-order valence-corrected chi connectivity index (χ2v) is 7.17. The van der Waals surface area contributed by atoms with E-state index in [2.05, 4.69) is 12.2 Å². The molecule has 1 amide bonds. The molecule has 1 aromatic rings. The maximum Gasteiger partial charge on any atom is 0.240 e. The number of sulfonamides is 1. The molecule has 0 atom stereocenters. The molecule has 0 bridgehead atoms. The van der Waals surface area contributed by atoms with E-state index in [1.54, 1.807) is 0 Å². The molecule has 7 heteroatoms. The van der Waals surface area contributed by atoms with E-state index in [-0.39, 0.29) is 17.5 Å². The molecule has 0 spiro atoms. The molecule has 0 unspecified atom stereocenters. The molecule has 116 valence electrons. The van der Waals surface area contributed by atoms with Crippen LogP contribution >= 0.6 is 0 Å². The smallest absolute Gasteiger partial charge is 0.240 e. The number of anilines is 1. The van der Waals surface area contributed by atoms with Gasteiger partial charge in [-0.1, -0.05) is 6.92 Å². The number of benzene rings is 1. The van der Waals surface area contributed by atoms with Crippen molar-refractivity contribution in [3.63, 3.8) is 0 Å². The molecular formula is C14H19FN2O3S. The van der Waals surface area contributed by atoms with E-state index in [1.807, 2.05) is 0 Å². The van der Waals surface area contributed by atoms with Crippen LogP contribution in [-0.2, 0) is 14.8 Å². The molecule has 2 rings (SSSR count). The number of primary sulfonamides is 1. The summed E-state index contributed by atoms with van der Waals surface area (Å²) in [5.74, 6) is -0.542. The highest BCUT2D eigenvalue weighted by Crippen LogP contribution is 2.29. The summed E-state index contributed by atoms with van der Waals surface area (Å²) in [7, 11) is -4.09. The van der Waals surface area contributed by atoms with Crippen molar-refractivity contribution in [3.8, 4) is 0 Å². The van der Waals surface area contributed by atoms with E-state index in [4.69, 9.17) is 5.14 Å². The summed E-state index contributed by atoms with van der Waals surface area (Å²) in [6.45, 7) is 2.16. The minimum absolute atomic E-state index is 0.0674. The molecule has 1 saturated carbocycles. The molecule has 1 aliphatic rings. The molecule has 1 aliphatic carbocycles. The van der Waals surface area contributed by atoms with Crippen molar-refractivity contribution in [1.29, 1.82) is 0 Å². The fraction of sp³-hybridized carbons (Fsp3) is 0.500. The van der Waals surface area contributed by atoms with Crippen LogP contribution in [0.5, 0.6) is 0 Å². The number of carbonyl (C=O) groups is 1.